The molecule has 2 fully saturated rings. The number of carbonyl (C=O) groups excluding carboxylic acids is 1. The fourth-order valence-electron chi connectivity index (χ4n) is 4.61. The van der Waals surface area contributed by atoms with Crippen molar-refractivity contribution < 1.29 is 9.53 Å². The minimum Gasteiger partial charge on any atom is -0.493 e. The molecule has 1 aromatic rings. The predicted octanol–water partition coefficient (Wildman–Crippen LogP) is 3.44. The van der Waals surface area contributed by atoms with Gasteiger partial charge in [0, 0.05) is 31.0 Å². The highest BCUT2D eigenvalue weighted by atomic mass is 35.5. The van der Waals surface area contributed by atoms with Crippen LogP contribution in [0.1, 0.15) is 56.1 Å². The van der Waals surface area contributed by atoms with Gasteiger partial charge in [-0.25, -0.2) is 0 Å². The lowest BCUT2D eigenvalue weighted by atomic mass is 10.0. The summed E-state index contributed by atoms with van der Waals surface area (Å²) in [5, 5.41) is 0. The molecule has 0 bridgehead atoms. The molecule has 4 nitrogen and oxygen atoms in total. The molecule has 2 aliphatic carbocycles. The first-order valence-corrected chi connectivity index (χ1v) is 9.51. The number of ether oxygens (including phenoxy) is 1. The SMILES string of the molecule is Cl.NC1CCC(C(=O)N(Cc2ccc3c(c2)CCO3)C2CCCC2)C1. The van der Waals surface area contributed by atoms with E-state index in [1.54, 1.807) is 0 Å². The third kappa shape index (κ3) is 3.95. The van der Waals surface area contributed by atoms with E-state index >= 15 is 0 Å². The monoisotopic (exact) mass is 364 g/mol. The van der Waals surface area contributed by atoms with Gasteiger partial charge in [-0.3, -0.25) is 4.79 Å². The Bertz CT molecular complexity index is 616. The summed E-state index contributed by atoms with van der Waals surface area (Å²) in [6.07, 6.45) is 8.59. The van der Waals surface area contributed by atoms with Crippen molar-refractivity contribution in [2.75, 3.05) is 6.61 Å². The Kier molecular flexibility index (Phi) is 5.90. The second kappa shape index (κ2) is 7.96. The molecule has 25 heavy (non-hydrogen) atoms. The lowest BCUT2D eigenvalue weighted by Crippen LogP contribution is -2.41. The summed E-state index contributed by atoms with van der Waals surface area (Å²) < 4.78 is 5.60. The Morgan fingerprint density at radius 3 is 2.72 bits per heavy atom. The molecule has 2 atom stereocenters. The molecule has 0 radical (unpaired) electrons. The van der Waals surface area contributed by atoms with Crippen molar-refractivity contribution in [3.05, 3.63) is 29.3 Å². The summed E-state index contributed by atoms with van der Waals surface area (Å²) in [6, 6.07) is 7.05. The van der Waals surface area contributed by atoms with E-state index in [1.165, 1.54) is 24.0 Å². The van der Waals surface area contributed by atoms with Gasteiger partial charge >= 0.3 is 0 Å². The normalized spacial score (nSPS) is 25.3. The van der Waals surface area contributed by atoms with Crippen molar-refractivity contribution in [1.29, 1.82) is 0 Å². The van der Waals surface area contributed by atoms with Crippen LogP contribution < -0.4 is 10.5 Å². The molecule has 0 aromatic heterocycles. The number of hydrogen-bond donors (Lipinski definition) is 1. The van der Waals surface area contributed by atoms with Crippen LogP contribution in [0, 0.1) is 5.92 Å². The molecular weight excluding hydrogens is 336 g/mol. The van der Waals surface area contributed by atoms with Crippen molar-refractivity contribution in [3.8, 4) is 5.75 Å². The molecule has 1 amide bonds. The maximum absolute atomic E-state index is 13.2. The van der Waals surface area contributed by atoms with E-state index in [1.807, 2.05) is 0 Å². The van der Waals surface area contributed by atoms with Crippen LogP contribution in [-0.4, -0.2) is 29.5 Å². The second-order valence-electron chi connectivity index (χ2n) is 7.72. The zero-order valence-corrected chi connectivity index (χ0v) is 15.6. The number of nitrogens with zero attached hydrogens (tertiary/aromatic N) is 1. The van der Waals surface area contributed by atoms with Crippen molar-refractivity contribution >= 4 is 18.3 Å². The zero-order valence-electron chi connectivity index (χ0n) is 14.8. The molecule has 138 valence electrons. The van der Waals surface area contributed by atoms with E-state index in [4.69, 9.17) is 10.5 Å². The minimum absolute atomic E-state index is 0. The topological polar surface area (TPSA) is 55.6 Å². The highest BCUT2D eigenvalue weighted by Crippen LogP contribution is 2.32. The third-order valence-corrected chi connectivity index (χ3v) is 5.98. The summed E-state index contributed by atoms with van der Waals surface area (Å²) in [6.45, 7) is 1.52. The van der Waals surface area contributed by atoms with Crippen LogP contribution in [0.5, 0.6) is 5.75 Å². The molecule has 1 aliphatic heterocycles. The van der Waals surface area contributed by atoms with Crippen LogP contribution in [0.4, 0.5) is 0 Å². The van der Waals surface area contributed by atoms with Gasteiger partial charge in [0.15, 0.2) is 0 Å². The predicted molar refractivity (Wildman–Crippen MR) is 101 cm³/mol. The molecule has 0 spiro atoms. The highest BCUT2D eigenvalue weighted by molar-refractivity contribution is 5.85. The quantitative estimate of drug-likeness (QED) is 0.890. The van der Waals surface area contributed by atoms with Crippen molar-refractivity contribution in [2.24, 2.45) is 11.7 Å². The first-order chi connectivity index (χ1) is 11.7. The number of carbonyl (C=O) groups is 1. The molecule has 2 N–H and O–H groups in total. The highest BCUT2D eigenvalue weighted by Gasteiger charge is 2.35. The largest absolute Gasteiger partial charge is 0.493 e. The van der Waals surface area contributed by atoms with E-state index in [0.29, 0.717) is 11.9 Å². The number of hydrogen-bond acceptors (Lipinski definition) is 3. The van der Waals surface area contributed by atoms with E-state index in [2.05, 4.69) is 23.1 Å². The number of fused-ring (bicyclic) bond motifs is 1. The number of benzene rings is 1. The van der Waals surface area contributed by atoms with E-state index in [0.717, 1.165) is 57.4 Å². The number of rotatable bonds is 4. The van der Waals surface area contributed by atoms with Crippen LogP contribution in [0.25, 0.3) is 0 Å². The van der Waals surface area contributed by atoms with Gasteiger partial charge in [-0.15, -0.1) is 12.4 Å². The van der Waals surface area contributed by atoms with Gasteiger partial charge in [0.05, 0.1) is 6.61 Å². The average molecular weight is 365 g/mol. The molecule has 4 rings (SSSR count). The molecule has 0 saturated heterocycles. The molecule has 3 aliphatic rings. The van der Waals surface area contributed by atoms with Crippen LogP contribution in [-0.2, 0) is 17.8 Å². The van der Waals surface area contributed by atoms with Gasteiger partial charge in [-0.05, 0) is 49.3 Å². The van der Waals surface area contributed by atoms with Crippen molar-refractivity contribution in [2.45, 2.75) is 70.0 Å². The lowest BCUT2D eigenvalue weighted by Gasteiger charge is -2.31. The standard InChI is InChI=1S/C20H28N2O2.ClH/c21-17-7-6-16(12-17)20(23)22(18-3-1-2-4-18)13-14-5-8-19-15(11-14)9-10-24-19;/h5,8,11,16-18H,1-4,6-7,9-10,12-13,21H2;1H. The third-order valence-electron chi connectivity index (χ3n) is 5.98. The van der Waals surface area contributed by atoms with Gasteiger partial charge in [-0.2, -0.15) is 0 Å². The van der Waals surface area contributed by atoms with E-state index in [-0.39, 0.29) is 24.4 Å². The number of nitrogens with two attached hydrogens (primary N) is 1. The molecule has 2 unspecified atom stereocenters. The summed E-state index contributed by atoms with van der Waals surface area (Å²) in [5.74, 6) is 1.49. The maximum atomic E-state index is 13.2. The van der Waals surface area contributed by atoms with Gasteiger partial charge in [0.2, 0.25) is 5.91 Å². The van der Waals surface area contributed by atoms with Gasteiger partial charge in [-0.1, -0.05) is 25.0 Å². The zero-order chi connectivity index (χ0) is 16.5. The molecule has 5 heteroatoms. The first-order valence-electron chi connectivity index (χ1n) is 9.51. The molecule has 1 aromatic carbocycles. The van der Waals surface area contributed by atoms with Gasteiger partial charge in [0.25, 0.3) is 0 Å². The molecular formula is C20H29ClN2O2. The van der Waals surface area contributed by atoms with Crippen molar-refractivity contribution in [1.82, 2.24) is 4.90 Å². The fourth-order valence-corrected chi connectivity index (χ4v) is 4.61. The molecule has 1 heterocycles. The fraction of sp³-hybridized carbons (Fsp3) is 0.650. The number of amides is 1. The minimum atomic E-state index is 0. The van der Waals surface area contributed by atoms with Gasteiger partial charge < -0.3 is 15.4 Å². The summed E-state index contributed by atoms with van der Waals surface area (Å²) in [7, 11) is 0. The van der Waals surface area contributed by atoms with E-state index < -0.39 is 0 Å². The second-order valence-corrected chi connectivity index (χ2v) is 7.72. The Balaban J connectivity index is 0.00000182. The Morgan fingerprint density at radius 1 is 1.20 bits per heavy atom. The summed E-state index contributed by atoms with van der Waals surface area (Å²) in [5.41, 5.74) is 8.57. The van der Waals surface area contributed by atoms with Crippen LogP contribution >= 0.6 is 12.4 Å². The van der Waals surface area contributed by atoms with E-state index in [9.17, 15) is 4.79 Å². The van der Waals surface area contributed by atoms with Gasteiger partial charge in [0.1, 0.15) is 5.75 Å². The smallest absolute Gasteiger partial charge is 0.226 e. The Hall–Kier alpha value is -1.26. The van der Waals surface area contributed by atoms with Crippen LogP contribution in [0.15, 0.2) is 18.2 Å². The van der Waals surface area contributed by atoms with Crippen LogP contribution in [0.3, 0.4) is 0 Å². The van der Waals surface area contributed by atoms with Crippen molar-refractivity contribution in [3.63, 3.8) is 0 Å². The summed E-state index contributed by atoms with van der Waals surface area (Å²) >= 11 is 0. The number of halogens is 1. The maximum Gasteiger partial charge on any atom is 0.226 e. The average Bonchev–Trinajstić information content (AvgIpc) is 3.32. The Morgan fingerprint density at radius 2 is 2.00 bits per heavy atom. The lowest BCUT2D eigenvalue weighted by molar-refractivity contribution is -0.138. The Labute approximate surface area is 156 Å². The summed E-state index contributed by atoms with van der Waals surface area (Å²) in [4.78, 5) is 15.3. The van der Waals surface area contributed by atoms with Crippen LogP contribution in [0.2, 0.25) is 0 Å². The molecule has 2 saturated carbocycles. The first kappa shape index (κ1) is 18.5.